The standard InChI is InChI=1S/C13H20N4O2S/c1-11-5-6-14-13(15-11)16-7-2-8-17(10-9-16)20(18,19)12-3-4-12/h5-6,12H,2-4,7-10H2,1H3. The van der Waals surface area contributed by atoms with Crippen molar-refractivity contribution in [3.63, 3.8) is 0 Å². The van der Waals surface area contributed by atoms with E-state index in [9.17, 15) is 8.42 Å². The summed E-state index contributed by atoms with van der Waals surface area (Å²) in [6.45, 7) is 4.56. The monoisotopic (exact) mass is 296 g/mol. The van der Waals surface area contributed by atoms with E-state index in [4.69, 9.17) is 0 Å². The van der Waals surface area contributed by atoms with Crippen LogP contribution in [0, 0.1) is 6.92 Å². The minimum absolute atomic E-state index is 0.121. The summed E-state index contributed by atoms with van der Waals surface area (Å²) in [5, 5.41) is -0.121. The molecule has 0 atom stereocenters. The van der Waals surface area contributed by atoms with E-state index in [1.165, 1.54) is 0 Å². The highest BCUT2D eigenvalue weighted by Crippen LogP contribution is 2.31. The number of hydrogen-bond donors (Lipinski definition) is 0. The van der Waals surface area contributed by atoms with Crippen LogP contribution in [0.1, 0.15) is 25.0 Å². The van der Waals surface area contributed by atoms with Gasteiger partial charge >= 0.3 is 0 Å². The van der Waals surface area contributed by atoms with Crippen molar-refractivity contribution in [1.29, 1.82) is 0 Å². The second-order valence-electron chi connectivity index (χ2n) is 5.48. The maximum absolute atomic E-state index is 12.3. The van der Waals surface area contributed by atoms with E-state index in [0.717, 1.165) is 31.5 Å². The molecular formula is C13H20N4O2S. The van der Waals surface area contributed by atoms with Crippen molar-refractivity contribution in [1.82, 2.24) is 14.3 Å². The Kier molecular flexibility index (Phi) is 3.64. The van der Waals surface area contributed by atoms with Gasteiger partial charge in [0.25, 0.3) is 0 Å². The van der Waals surface area contributed by atoms with Crippen molar-refractivity contribution in [3.8, 4) is 0 Å². The molecule has 7 heteroatoms. The molecule has 1 aliphatic carbocycles. The molecular weight excluding hydrogens is 276 g/mol. The molecule has 0 radical (unpaired) electrons. The number of aromatic nitrogens is 2. The topological polar surface area (TPSA) is 66.4 Å². The Balaban J connectivity index is 1.71. The van der Waals surface area contributed by atoms with Crippen molar-refractivity contribution >= 4 is 16.0 Å². The predicted octanol–water partition coefficient (Wildman–Crippen LogP) is 0.789. The average Bonchev–Trinajstić information content (AvgIpc) is 3.25. The summed E-state index contributed by atoms with van der Waals surface area (Å²) in [6, 6.07) is 1.87. The van der Waals surface area contributed by atoms with Gasteiger partial charge in [-0.2, -0.15) is 4.31 Å². The molecule has 2 heterocycles. The van der Waals surface area contributed by atoms with Crippen LogP contribution >= 0.6 is 0 Å². The zero-order valence-corrected chi connectivity index (χ0v) is 12.5. The highest BCUT2D eigenvalue weighted by Gasteiger charge is 2.40. The van der Waals surface area contributed by atoms with Gasteiger partial charge in [-0.3, -0.25) is 0 Å². The molecule has 1 saturated carbocycles. The van der Waals surface area contributed by atoms with Gasteiger partial charge in [-0.15, -0.1) is 0 Å². The summed E-state index contributed by atoms with van der Waals surface area (Å²) in [5.41, 5.74) is 0.932. The minimum Gasteiger partial charge on any atom is -0.339 e. The Bertz CT molecular complexity index is 586. The number of aryl methyl sites for hydroxylation is 1. The van der Waals surface area contributed by atoms with E-state index < -0.39 is 10.0 Å². The van der Waals surface area contributed by atoms with E-state index in [2.05, 4.69) is 14.9 Å². The van der Waals surface area contributed by atoms with Crippen LogP contribution < -0.4 is 4.90 Å². The molecule has 2 fully saturated rings. The predicted molar refractivity (Wildman–Crippen MR) is 77.1 cm³/mol. The van der Waals surface area contributed by atoms with Crippen molar-refractivity contribution in [3.05, 3.63) is 18.0 Å². The molecule has 20 heavy (non-hydrogen) atoms. The maximum atomic E-state index is 12.3. The third-order valence-corrected chi connectivity index (χ3v) is 6.22. The molecule has 3 rings (SSSR count). The molecule has 110 valence electrons. The van der Waals surface area contributed by atoms with Crippen LogP contribution in [-0.4, -0.2) is 54.1 Å². The fourth-order valence-electron chi connectivity index (χ4n) is 2.51. The Hall–Kier alpha value is -1.21. The lowest BCUT2D eigenvalue weighted by atomic mass is 10.4. The Morgan fingerprint density at radius 3 is 2.70 bits per heavy atom. The first kappa shape index (κ1) is 13.8. The fraction of sp³-hybridized carbons (Fsp3) is 0.692. The van der Waals surface area contributed by atoms with Crippen molar-refractivity contribution in [2.45, 2.75) is 31.4 Å². The van der Waals surface area contributed by atoms with Crippen LogP contribution in [0.25, 0.3) is 0 Å². The maximum Gasteiger partial charge on any atom is 0.225 e. The van der Waals surface area contributed by atoms with Gasteiger partial charge in [0.05, 0.1) is 5.25 Å². The van der Waals surface area contributed by atoms with Crippen molar-refractivity contribution in [2.24, 2.45) is 0 Å². The van der Waals surface area contributed by atoms with Gasteiger partial charge in [-0.25, -0.2) is 18.4 Å². The smallest absolute Gasteiger partial charge is 0.225 e. The second kappa shape index (κ2) is 5.29. The first-order valence-electron chi connectivity index (χ1n) is 7.11. The molecule has 6 nitrogen and oxygen atoms in total. The number of hydrogen-bond acceptors (Lipinski definition) is 5. The van der Waals surface area contributed by atoms with Crippen molar-refractivity contribution in [2.75, 3.05) is 31.1 Å². The van der Waals surface area contributed by atoms with E-state index in [0.29, 0.717) is 25.6 Å². The molecule has 0 spiro atoms. The summed E-state index contributed by atoms with van der Waals surface area (Å²) in [4.78, 5) is 10.8. The summed E-state index contributed by atoms with van der Waals surface area (Å²) in [7, 11) is -3.06. The molecule has 2 aliphatic rings. The first-order valence-corrected chi connectivity index (χ1v) is 8.61. The highest BCUT2D eigenvalue weighted by atomic mass is 32.2. The highest BCUT2D eigenvalue weighted by molar-refractivity contribution is 7.90. The Morgan fingerprint density at radius 1 is 1.20 bits per heavy atom. The van der Waals surface area contributed by atoms with Crippen molar-refractivity contribution < 1.29 is 8.42 Å². The summed E-state index contributed by atoms with van der Waals surface area (Å²) in [5.74, 6) is 0.704. The zero-order chi connectivity index (χ0) is 14.2. The number of nitrogens with zero attached hydrogens (tertiary/aromatic N) is 4. The number of anilines is 1. The van der Waals surface area contributed by atoms with Gasteiger partial charge in [-0.1, -0.05) is 0 Å². The van der Waals surface area contributed by atoms with E-state index in [1.807, 2.05) is 13.0 Å². The summed E-state index contributed by atoms with van der Waals surface area (Å²) in [6.07, 6.45) is 4.22. The van der Waals surface area contributed by atoms with Gasteiger partial charge in [0.2, 0.25) is 16.0 Å². The lowest BCUT2D eigenvalue weighted by molar-refractivity contribution is 0.432. The third kappa shape index (κ3) is 2.78. The molecule has 1 saturated heterocycles. The van der Waals surface area contributed by atoms with Crippen LogP contribution in [-0.2, 0) is 10.0 Å². The Labute approximate surface area is 119 Å². The lowest BCUT2D eigenvalue weighted by Crippen LogP contribution is -2.37. The van der Waals surface area contributed by atoms with Gasteiger partial charge in [0.1, 0.15) is 0 Å². The van der Waals surface area contributed by atoms with Crippen LogP contribution in [0.15, 0.2) is 12.3 Å². The van der Waals surface area contributed by atoms with Gasteiger partial charge < -0.3 is 4.90 Å². The van der Waals surface area contributed by atoms with Crippen LogP contribution in [0.3, 0.4) is 0 Å². The quantitative estimate of drug-likeness (QED) is 0.825. The molecule has 0 aromatic carbocycles. The normalized spacial score (nSPS) is 21.8. The SMILES string of the molecule is Cc1ccnc(N2CCCN(S(=O)(=O)C3CC3)CC2)n1. The third-order valence-electron chi connectivity index (χ3n) is 3.83. The fourth-order valence-corrected chi connectivity index (χ4v) is 4.39. The minimum atomic E-state index is -3.06. The molecule has 0 unspecified atom stereocenters. The zero-order valence-electron chi connectivity index (χ0n) is 11.7. The van der Waals surface area contributed by atoms with Gasteiger partial charge in [0.15, 0.2) is 0 Å². The molecule has 1 aromatic rings. The summed E-state index contributed by atoms with van der Waals surface area (Å²) < 4.78 is 26.2. The molecule has 1 aliphatic heterocycles. The average molecular weight is 296 g/mol. The lowest BCUT2D eigenvalue weighted by Gasteiger charge is -2.21. The molecule has 0 bridgehead atoms. The van der Waals surface area contributed by atoms with Gasteiger partial charge in [-0.05, 0) is 32.3 Å². The van der Waals surface area contributed by atoms with Crippen LogP contribution in [0.2, 0.25) is 0 Å². The van der Waals surface area contributed by atoms with Crippen LogP contribution in [0.4, 0.5) is 5.95 Å². The second-order valence-corrected chi connectivity index (χ2v) is 7.69. The van der Waals surface area contributed by atoms with E-state index >= 15 is 0 Å². The number of sulfonamides is 1. The molecule has 0 amide bonds. The van der Waals surface area contributed by atoms with E-state index in [1.54, 1.807) is 10.5 Å². The summed E-state index contributed by atoms with van der Waals surface area (Å²) >= 11 is 0. The number of rotatable bonds is 3. The first-order chi connectivity index (χ1) is 9.57. The molecule has 1 aromatic heterocycles. The molecule has 0 N–H and O–H groups in total. The Morgan fingerprint density at radius 2 is 2.00 bits per heavy atom. The van der Waals surface area contributed by atoms with Gasteiger partial charge in [0, 0.05) is 38.1 Å². The van der Waals surface area contributed by atoms with E-state index in [-0.39, 0.29) is 5.25 Å². The largest absolute Gasteiger partial charge is 0.339 e. The van der Waals surface area contributed by atoms with Crippen LogP contribution in [0.5, 0.6) is 0 Å².